The van der Waals surface area contributed by atoms with Crippen LogP contribution in [0, 0.1) is 6.92 Å². The third kappa shape index (κ3) is 3.58. The van der Waals surface area contributed by atoms with E-state index in [9.17, 15) is 0 Å². The summed E-state index contributed by atoms with van der Waals surface area (Å²) in [6.45, 7) is 2.09. The van der Waals surface area contributed by atoms with Gasteiger partial charge in [-0.05, 0) is 42.8 Å². The van der Waals surface area contributed by atoms with E-state index < -0.39 is 0 Å². The molecule has 0 atom stereocenters. The zero-order chi connectivity index (χ0) is 20.5. The van der Waals surface area contributed by atoms with Crippen LogP contribution < -0.4 is 0 Å². The number of imidazole rings is 1. The van der Waals surface area contributed by atoms with Crippen LogP contribution in [0.4, 0.5) is 0 Å². The van der Waals surface area contributed by atoms with E-state index in [0.717, 1.165) is 39.1 Å². The molecular formula is C22H17ClN6S. The Hall–Kier alpha value is -3.16. The molecule has 0 unspecified atom stereocenters. The number of nitrogens with zero attached hydrogens (tertiary/aromatic N) is 6. The van der Waals surface area contributed by atoms with Crippen LogP contribution in [0.1, 0.15) is 11.3 Å². The maximum absolute atomic E-state index is 6.08. The zero-order valence-electron chi connectivity index (χ0n) is 16.1. The molecule has 4 aromatic heterocycles. The van der Waals surface area contributed by atoms with Gasteiger partial charge in [-0.25, -0.2) is 4.98 Å². The van der Waals surface area contributed by atoms with Gasteiger partial charge in [-0.3, -0.25) is 9.55 Å². The van der Waals surface area contributed by atoms with Crippen molar-refractivity contribution in [2.75, 3.05) is 0 Å². The van der Waals surface area contributed by atoms with E-state index in [0.29, 0.717) is 10.8 Å². The van der Waals surface area contributed by atoms with Gasteiger partial charge >= 0.3 is 0 Å². The van der Waals surface area contributed by atoms with E-state index in [1.807, 2.05) is 53.2 Å². The van der Waals surface area contributed by atoms with Gasteiger partial charge in [0.1, 0.15) is 5.65 Å². The van der Waals surface area contributed by atoms with Crippen LogP contribution in [-0.4, -0.2) is 29.1 Å². The molecule has 0 aliphatic rings. The van der Waals surface area contributed by atoms with Crippen molar-refractivity contribution in [2.24, 2.45) is 0 Å². The molecule has 0 spiro atoms. The van der Waals surface area contributed by atoms with Crippen molar-refractivity contribution in [3.8, 4) is 17.1 Å². The van der Waals surface area contributed by atoms with Crippen molar-refractivity contribution in [3.63, 3.8) is 0 Å². The molecule has 0 radical (unpaired) electrons. The van der Waals surface area contributed by atoms with Gasteiger partial charge in [0, 0.05) is 36.1 Å². The third-order valence-electron chi connectivity index (χ3n) is 4.72. The van der Waals surface area contributed by atoms with Crippen molar-refractivity contribution >= 4 is 29.0 Å². The Kier molecular flexibility index (Phi) is 4.98. The number of aryl methyl sites for hydroxylation is 1. The monoisotopic (exact) mass is 432 g/mol. The van der Waals surface area contributed by atoms with E-state index in [4.69, 9.17) is 11.6 Å². The molecule has 0 aliphatic heterocycles. The van der Waals surface area contributed by atoms with Crippen LogP contribution in [0.5, 0.6) is 0 Å². The molecule has 30 heavy (non-hydrogen) atoms. The third-order valence-corrected chi connectivity index (χ3v) is 5.91. The molecule has 0 saturated carbocycles. The zero-order valence-corrected chi connectivity index (χ0v) is 17.7. The van der Waals surface area contributed by atoms with Gasteiger partial charge in [-0.2, -0.15) is 0 Å². The van der Waals surface area contributed by atoms with E-state index in [1.165, 1.54) is 0 Å². The Morgan fingerprint density at radius 1 is 1.00 bits per heavy atom. The van der Waals surface area contributed by atoms with Crippen molar-refractivity contribution in [1.82, 2.24) is 29.1 Å². The Labute approximate surface area is 182 Å². The summed E-state index contributed by atoms with van der Waals surface area (Å²) in [6.07, 6.45) is 7.40. The molecule has 5 aromatic rings. The van der Waals surface area contributed by atoms with Crippen LogP contribution >= 0.6 is 23.4 Å². The number of fused-ring (bicyclic) bond motifs is 1. The van der Waals surface area contributed by atoms with Crippen LogP contribution in [0.3, 0.4) is 0 Å². The van der Waals surface area contributed by atoms with Gasteiger partial charge in [-0.15, -0.1) is 10.2 Å². The molecule has 0 aliphatic carbocycles. The minimum Gasteiger partial charge on any atom is -0.305 e. The first-order valence-electron chi connectivity index (χ1n) is 9.37. The van der Waals surface area contributed by atoms with Crippen molar-refractivity contribution in [2.45, 2.75) is 17.8 Å². The van der Waals surface area contributed by atoms with Crippen LogP contribution in [0.2, 0.25) is 5.02 Å². The fourth-order valence-corrected chi connectivity index (χ4v) is 4.30. The normalized spacial score (nSPS) is 11.3. The van der Waals surface area contributed by atoms with Gasteiger partial charge in [0.2, 0.25) is 0 Å². The number of pyridine rings is 2. The summed E-state index contributed by atoms with van der Waals surface area (Å²) in [4.78, 5) is 8.91. The van der Waals surface area contributed by atoms with Gasteiger partial charge in [0.05, 0.1) is 16.4 Å². The van der Waals surface area contributed by atoms with Gasteiger partial charge < -0.3 is 4.40 Å². The van der Waals surface area contributed by atoms with Gasteiger partial charge in [-0.1, -0.05) is 41.6 Å². The fourth-order valence-electron chi connectivity index (χ4n) is 3.30. The molecule has 0 bridgehead atoms. The maximum atomic E-state index is 6.08. The van der Waals surface area contributed by atoms with Crippen LogP contribution in [0.15, 0.2) is 78.5 Å². The number of benzene rings is 1. The second kappa shape index (κ2) is 7.93. The van der Waals surface area contributed by atoms with E-state index in [2.05, 4.69) is 43.8 Å². The quantitative estimate of drug-likeness (QED) is 0.356. The first-order chi connectivity index (χ1) is 14.7. The number of hydrogen-bond donors (Lipinski definition) is 0. The molecule has 4 heterocycles. The summed E-state index contributed by atoms with van der Waals surface area (Å²) < 4.78 is 4.02. The van der Waals surface area contributed by atoms with E-state index in [1.54, 1.807) is 24.2 Å². The lowest BCUT2D eigenvalue weighted by Gasteiger charge is -2.12. The van der Waals surface area contributed by atoms with E-state index >= 15 is 0 Å². The number of rotatable bonds is 5. The Morgan fingerprint density at radius 2 is 1.90 bits per heavy atom. The first-order valence-corrected chi connectivity index (χ1v) is 10.7. The second-order valence-electron chi connectivity index (χ2n) is 6.80. The van der Waals surface area contributed by atoms with E-state index in [-0.39, 0.29) is 0 Å². The topological polar surface area (TPSA) is 60.9 Å². The lowest BCUT2D eigenvalue weighted by atomic mass is 10.2. The minimum atomic E-state index is 0.663. The number of aromatic nitrogens is 6. The van der Waals surface area contributed by atoms with Crippen molar-refractivity contribution < 1.29 is 0 Å². The maximum Gasteiger partial charge on any atom is 0.196 e. The highest BCUT2D eigenvalue weighted by Gasteiger charge is 2.18. The molecule has 0 amide bonds. The lowest BCUT2D eigenvalue weighted by molar-refractivity contribution is 0.879. The Balaban J connectivity index is 1.53. The summed E-state index contributed by atoms with van der Waals surface area (Å²) in [5.41, 5.74) is 4.93. The largest absolute Gasteiger partial charge is 0.305 e. The predicted molar refractivity (Wildman–Crippen MR) is 119 cm³/mol. The van der Waals surface area contributed by atoms with Crippen LogP contribution in [-0.2, 0) is 5.75 Å². The van der Waals surface area contributed by atoms with Crippen molar-refractivity contribution in [3.05, 3.63) is 89.6 Å². The molecule has 1 aromatic carbocycles. The molecular weight excluding hydrogens is 416 g/mol. The first kappa shape index (κ1) is 18.8. The summed E-state index contributed by atoms with van der Waals surface area (Å²) >= 11 is 7.68. The summed E-state index contributed by atoms with van der Waals surface area (Å²) in [6, 6.07) is 15.9. The molecule has 148 valence electrons. The average molecular weight is 433 g/mol. The Morgan fingerprint density at radius 3 is 2.73 bits per heavy atom. The number of hydrogen-bond acceptors (Lipinski definition) is 5. The molecule has 0 saturated heterocycles. The minimum absolute atomic E-state index is 0.663. The summed E-state index contributed by atoms with van der Waals surface area (Å²) in [5, 5.41) is 10.4. The molecule has 0 N–H and O–H groups in total. The highest BCUT2D eigenvalue weighted by molar-refractivity contribution is 7.98. The fraction of sp³-hybridized carbons (Fsp3) is 0.0909. The molecule has 6 nitrogen and oxygen atoms in total. The SMILES string of the molecule is Cc1ccccc1-n1c(SCc2cn3cc(Cl)ccc3n2)nnc1-c1cccnc1. The highest BCUT2D eigenvalue weighted by atomic mass is 35.5. The highest BCUT2D eigenvalue weighted by Crippen LogP contribution is 2.30. The van der Waals surface area contributed by atoms with Crippen LogP contribution in [0.25, 0.3) is 22.7 Å². The van der Waals surface area contributed by atoms with Gasteiger partial charge in [0.15, 0.2) is 11.0 Å². The molecule has 8 heteroatoms. The van der Waals surface area contributed by atoms with Crippen molar-refractivity contribution in [1.29, 1.82) is 0 Å². The predicted octanol–water partition coefficient (Wildman–Crippen LogP) is 5.23. The number of halogens is 1. The smallest absolute Gasteiger partial charge is 0.196 e. The average Bonchev–Trinajstić information content (AvgIpc) is 3.36. The number of thioether (sulfide) groups is 1. The lowest BCUT2D eigenvalue weighted by Crippen LogP contribution is -2.02. The summed E-state index contributed by atoms with van der Waals surface area (Å²) in [5.74, 6) is 1.43. The Bertz CT molecular complexity index is 1330. The number of para-hydroxylation sites is 1. The standard InChI is InChI=1S/C22H17ClN6S/c1-15-5-2-3-7-19(15)29-21(16-6-4-10-24-11-16)26-27-22(29)30-14-18-13-28-12-17(23)8-9-20(28)25-18/h2-13H,14H2,1H3. The molecule has 5 rings (SSSR count). The van der Waals surface area contributed by atoms with Gasteiger partial charge in [0.25, 0.3) is 0 Å². The summed E-state index contributed by atoms with van der Waals surface area (Å²) in [7, 11) is 0. The second-order valence-corrected chi connectivity index (χ2v) is 8.18. The molecule has 0 fully saturated rings.